The predicted molar refractivity (Wildman–Crippen MR) is 63.6 cm³/mol. The summed E-state index contributed by atoms with van der Waals surface area (Å²) >= 11 is 11.7. The molecule has 0 saturated heterocycles. The fourth-order valence-corrected chi connectivity index (χ4v) is 1.62. The van der Waals surface area contributed by atoms with E-state index in [0.717, 1.165) is 5.56 Å². The van der Waals surface area contributed by atoms with Gasteiger partial charge in [-0.2, -0.15) is 4.98 Å². The summed E-state index contributed by atoms with van der Waals surface area (Å²) in [6.07, 6.45) is 0.438. The first-order valence-electron chi connectivity index (χ1n) is 4.83. The van der Waals surface area contributed by atoms with E-state index < -0.39 is 0 Å². The van der Waals surface area contributed by atoms with E-state index in [1.165, 1.54) is 6.92 Å². The van der Waals surface area contributed by atoms with Crippen molar-refractivity contribution in [2.45, 2.75) is 13.3 Å². The van der Waals surface area contributed by atoms with E-state index in [2.05, 4.69) is 10.1 Å². The molecule has 17 heavy (non-hydrogen) atoms. The van der Waals surface area contributed by atoms with Crippen LogP contribution in [0.4, 0.5) is 0 Å². The lowest BCUT2D eigenvalue weighted by molar-refractivity contribution is 0.0972. The summed E-state index contributed by atoms with van der Waals surface area (Å²) in [4.78, 5) is 14.9. The maximum atomic E-state index is 11.0. The van der Waals surface area contributed by atoms with Crippen molar-refractivity contribution >= 4 is 29.0 Å². The van der Waals surface area contributed by atoms with Crippen molar-refractivity contribution in [3.63, 3.8) is 0 Å². The Hall–Kier alpha value is -1.39. The molecule has 1 heterocycles. The molecule has 0 fully saturated rings. The molecule has 0 spiro atoms. The Balaban J connectivity index is 2.19. The second-order valence-electron chi connectivity index (χ2n) is 3.50. The molecule has 1 aromatic carbocycles. The number of aromatic nitrogens is 2. The lowest BCUT2D eigenvalue weighted by atomic mass is 10.1. The standard InChI is InChI=1S/C11H8Cl2N2O2/c1-6(16)11-14-10(15-17-11)5-7-2-3-8(12)9(13)4-7/h2-4H,5H2,1H3. The minimum Gasteiger partial charge on any atom is -0.331 e. The summed E-state index contributed by atoms with van der Waals surface area (Å²) in [5, 5.41) is 4.67. The van der Waals surface area contributed by atoms with Gasteiger partial charge in [0.25, 0.3) is 5.89 Å². The van der Waals surface area contributed by atoms with Gasteiger partial charge in [0, 0.05) is 13.3 Å². The quantitative estimate of drug-likeness (QED) is 0.804. The molecule has 4 nitrogen and oxygen atoms in total. The normalized spacial score (nSPS) is 10.5. The monoisotopic (exact) mass is 270 g/mol. The Bertz CT molecular complexity index is 566. The number of hydrogen-bond donors (Lipinski definition) is 0. The lowest BCUT2D eigenvalue weighted by Crippen LogP contribution is -1.94. The van der Waals surface area contributed by atoms with Crippen LogP contribution in [-0.2, 0) is 6.42 Å². The summed E-state index contributed by atoms with van der Waals surface area (Å²) in [5.74, 6) is 0.200. The Labute approximate surface area is 108 Å². The van der Waals surface area contributed by atoms with Gasteiger partial charge < -0.3 is 4.52 Å². The lowest BCUT2D eigenvalue weighted by Gasteiger charge is -1.99. The van der Waals surface area contributed by atoms with E-state index in [9.17, 15) is 4.79 Å². The van der Waals surface area contributed by atoms with Gasteiger partial charge in [0.2, 0.25) is 5.78 Å². The average molecular weight is 271 g/mol. The third-order valence-corrected chi connectivity index (χ3v) is 2.85. The van der Waals surface area contributed by atoms with Crippen LogP contribution in [0.25, 0.3) is 0 Å². The van der Waals surface area contributed by atoms with E-state index in [1.54, 1.807) is 12.1 Å². The van der Waals surface area contributed by atoms with Crippen molar-refractivity contribution in [2.24, 2.45) is 0 Å². The molecule has 6 heteroatoms. The van der Waals surface area contributed by atoms with Crippen LogP contribution in [0.2, 0.25) is 10.0 Å². The fourth-order valence-electron chi connectivity index (χ4n) is 1.30. The van der Waals surface area contributed by atoms with Crippen molar-refractivity contribution < 1.29 is 9.32 Å². The highest BCUT2D eigenvalue weighted by Crippen LogP contribution is 2.23. The zero-order chi connectivity index (χ0) is 12.4. The van der Waals surface area contributed by atoms with Crippen LogP contribution in [0.15, 0.2) is 22.7 Å². The number of ketones is 1. The Morgan fingerprint density at radius 2 is 2.12 bits per heavy atom. The number of rotatable bonds is 3. The van der Waals surface area contributed by atoms with Crippen LogP contribution in [0.5, 0.6) is 0 Å². The summed E-state index contributed by atoms with van der Waals surface area (Å²) in [6.45, 7) is 1.37. The summed E-state index contributed by atoms with van der Waals surface area (Å²) < 4.78 is 4.78. The first kappa shape index (κ1) is 12.1. The van der Waals surface area contributed by atoms with Crippen LogP contribution in [0, 0.1) is 0 Å². The van der Waals surface area contributed by atoms with E-state index in [-0.39, 0.29) is 11.7 Å². The summed E-state index contributed by atoms with van der Waals surface area (Å²) in [6, 6.07) is 5.25. The zero-order valence-electron chi connectivity index (χ0n) is 8.91. The minimum atomic E-state index is -0.252. The molecule has 1 aromatic heterocycles. The van der Waals surface area contributed by atoms with Gasteiger partial charge >= 0.3 is 0 Å². The highest BCUT2D eigenvalue weighted by Gasteiger charge is 2.11. The molecule has 2 rings (SSSR count). The van der Waals surface area contributed by atoms with Gasteiger partial charge in [-0.1, -0.05) is 34.4 Å². The van der Waals surface area contributed by atoms with Gasteiger partial charge in [-0.05, 0) is 17.7 Å². The number of Topliss-reactive ketones (excluding diaryl/α,β-unsaturated/α-hetero) is 1. The predicted octanol–water partition coefficient (Wildman–Crippen LogP) is 3.17. The van der Waals surface area contributed by atoms with E-state index >= 15 is 0 Å². The summed E-state index contributed by atoms with van der Waals surface area (Å²) in [7, 11) is 0. The largest absolute Gasteiger partial charge is 0.331 e. The fraction of sp³-hybridized carbons (Fsp3) is 0.182. The molecule has 0 N–H and O–H groups in total. The highest BCUT2D eigenvalue weighted by molar-refractivity contribution is 6.42. The number of benzene rings is 1. The molecule has 2 aromatic rings. The topological polar surface area (TPSA) is 56.0 Å². The van der Waals surface area contributed by atoms with Gasteiger partial charge in [0.15, 0.2) is 5.82 Å². The second-order valence-corrected chi connectivity index (χ2v) is 4.31. The van der Waals surface area contributed by atoms with Crippen LogP contribution in [0.1, 0.15) is 29.0 Å². The van der Waals surface area contributed by atoms with Crippen LogP contribution in [0.3, 0.4) is 0 Å². The number of nitrogens with zero attached hydrogens (tertiary/aromatic N) is 2. The van der Waals surface area contributed by atoms with Crippen molar-refractivity contribution in [1.82, 2.24) is 10.1 Å². The molecule has 0 amide bonds. The number of carbonyl (C=O) groups excluding carboxylic acids is 1. The second kappa shape index (κ2) is 4.85. The van der Waals surface area contributed by atoms with Crippen LogP contribution >= 0.6 is 23.2 Å². The molecule has 0 bridgehead atoms. The van der Waals surface area contributed by atoms with Gasteiger partial charge in [-0.25, -0.2) is 0 Å². The van der Waals surface area contributed by atoms with E-state index in [4.69, 9.17) is 27.7 Å². The molecule has 0 radical (unpaired) electrons. The first-order valence-corrected chi connectivity index (χ1v) is 5.59. The van der Waals surface area contributed by atoms with Crippen molar-refractivity contribution in [3.05, 3.63) is 45.5 Å². The molecular weight excluding hydrogens is 263 g/mol. The van der Waals surface area contributed by atoms with Crippen molar-refractivity contribution in [2.75, 3.05) is 0 Å². The first-order chi connectivity index (χ1) is 8.06. The molecule has 0 aliphatic carbocycles. The third kappa shape index (κ3) is 2.84. The molecule has 0 aliphatic heterocycles. The maximum Gasteiger partial charge on any atom is 0.293 e. The Morgan fingerprint density at radius 1 is 1.35 bits per heavy atom. The zero-order valence-corrected chi connectivity index (χ0v) is 10.4. The molecule has 0 aliphatic rings. The van der Waals surface area contributed by atoms with Gasteiger partial charge in [0.05, 0.1) is 10.0 Å². The molecule has 88 valence electrons. The SMILES string of the molecule is CC(=O)c1nc(Cc2ccc(Cl)c(Cl)c2)no1. The Morgan fingerprint density at radius 3 is 2.71 bits per heavy atom. The van der Waals surface area contributed by atoms with Crippen LogP contribution < -0.4 is 0 Å². The number of hydrogen-bond acceptors (Lipinski definition) is 4. The third-order valence-electron chi connectivity index (χ3n) is 2.12. The molecule has 0 unspecified atom stereocenters. The smallest absolute Gasteiger partial charge is 0.293 e. The minimum absolute atomic E-state index is 0.0139. The maximum absolute atomic E-state index is 11.0. The molecule has 0 saturated carbocycles. The van der Waals surface area contributed by atoms with Crippen LogP contribution in [-0.4, -0.2) is 15.9 Å². The average Bonchev–Trinajstić information content (AvgIpc) is 2.72. The number of halogens is 2. The van der Waals surface area contributed by atoms with E-state index in [1.807, 2.05) is 6.07 Å². The Kier molecular flexibility index (Phi) is 3.45. The molecular formula is C11H8Cl2N2O2. The van der Waals surface area contributed by atoms with E-state index in [0.29, 0.717) is 22.3 Å². The van der Waals surface area contributed by atoms with Gasteiger partial charge in [-0.3, -0.25) is 4.79 Å². The summed E-state index contributed by atoms with van der Waals surface area (Å²) in [5.41, 5.74) is 0.898. The van der Waals surface area contributed by atoms with Gasteiger partial charge in [-0.15, -0.1) is 0 Å². The van der Waals surface area contributed by atoms with Crippen molar-refractivity contribution in [3.8, 4) is 0 Å². The number of carbonyl (C=O) groups is 1. The highest BCUT2D eigenvalue weighted by atomic mass is 35.5. The molecule has 0 atom stereocenters. The van der Waals surface area contributed by atoms with Crippen molar-refractivity contribution in [1.29, 1.82) is 0 Å². The van der Waals surface area contributed by atoms with Gasteiger partial charge in [0.1, 0.15) is 0 Å².